The smallest absolute Gasteiger partial charge is 0.231 e. The van der Waals surface area contributed by atoms with Gasteiger partial charge < -0.3 is 11.1 Å². The minimum atomic E-state index is -0.471. The van der Waals surface area contributed by atoms with Gasteiger partial charge in [-0.25, -0.2) is 0 Å². The molecule has 0 aliphatic rings. The van der Waals surface area contributed by atoms with Crippen molar-refractivity contribution >= 4 is 11.6 Å². The summed E-state index contributed by atoms with van der Waals surface area (Å²) in [4.78, 5) is 12.4. The van der Waals surface area contributed by atoms with Gasteiger partial charge in [-0.05, 0) is 19.3 Å². The van der Waals surface area contributed by atoms with Crippen molar-refractivity contribution in [3.63, 3.8) is 0 Å². The average molecular weight is 252 g/mol. The Kier molecular flexibility index (Phi) is 4.90. The molecule has 0 aromatic carbocycles. The highest BCUT2D eigenvalue weighted by molar-refractivity contribution is 5.95. The van der Waals surface area contributed by atoms with Crippen molar-refractivity contribution in [2.75, 3.05) is 11.9 Å². The summed E-state index contributed by atoms with van der Waals surface area (Å²) < 4.78 is 1.72. The van der Waals surface area contributed by atoms with Crippen LogP contribution in [0.1, 0.15) is 39.3 Å². The summed E-state index contributed by atoms with van der Waals surface area (Å²) in [5.41, 5.74) is 7.01. The van der Waals surface area contributed by atoms with Gasteiger partial charge in [0.1, 0.15) is 0 Å². The van der Waals surface area contributed by atoms with Crippen LogP contribution >= 0.6 is 0 Å². The third kappa shape index (κ3) is 2.72. The Morgan fingerprint density at radius 2 is 2.06 bits per heavy atom. The fourth-order valence-corrected chi connectivity index (χ4v) is 2.11. The first-order valence-corrected chi connectivity index (χ1v) is 6.57. The van der Waals surface area contributed by atoms with Crippen LogP contribution in [0.2, 0.25) is 0 Å². The number of nitrogens with one attached hydrogen (secondary N) is 1. The number of carbonyl (C=O) groups is 1. The summed E-state index contributed by atoms with van der Waals surface area (Å²) in [5.74, 6) is -0.00213. The van der Waals surface area contributed by atoms with E-state index in [1.54, 1.807) is 4.68 Å². The number of amides is 1. The quantitative estimate of drug-likeness (QED) is 0.809. The maximum Gasteiger partial charge on any atom is 0.231 e. The zero-order chi connectivity index (χ0) is 13.8. The SMILES string of the molecule is CCc1nn(C)cc1NC(=O)C(CC)(CC)CN. The lowest BCUT2D eigenvalue weighted by molar-refractivity contribution is -0.125. The predicted octanol–water partition coefficient (Wildman–Crippen LogP) is 1.69. The molecule has 3 N–H and O–H groups in total. The first kappa shape index (κ1) is 14.7. The Labute approximate surface area is 109 Å². The van der Waals surface area contributed by atoms with Crippen molar-refractivity contribution in [1.29, 1.82) is 0 Å². The van der Waals surface area contributed by atoms with Gasteiger partial charge in [0, 0.05) is 19.8 Å². The number of rotatable bonds is 6. The second-order valence-electron chi connectivity index (χ2n) is 4.66. The van der Waals surface area contributed by atoms with E-state index in [9.17, 15) is 4.79 Å². The molecule has 5 heteroatoms. The third-order valence-corrected chi connectivity index (χ3v) is 3.71. The van der Waals surface area contributed by atoms with Crippen LogP contribution in [0.5, 0.6) is 0 Å². The molecule has 0 saturated carbocycles. The molecular formula is C13H24N4O. The van der Waals surface area contributed by atoms with E-state index in [0.717, 1.165) is 30.6 Å². The summed E-state index contributed by atoms with van der Waals surface area (Å²) >= 11 is 0. The summed E-state index contributed by atoms with van der Waals surface area (Å²) in [6.07, 6.45) is 4.12. The van der Waals surface area contributed by atoms with Crippen molar-refractivity contribution in [2.45, 2.75) is 40.0 Å². The molecule has 0 unspecified atom stereocenters. The fourth-order valence-electron chi connectivity index (χ4n) is 2.11. The summed E-state index contributed by atoms with van der Waals surface area (Å²) in [6, 6.07) is 0. The Bertz CT molecular complexity index is 399. The number of carbonyl (C=O) groups excluding carboxylic acids is 1. The summed E-state index contributed by atoms with van der Waals surface area (Å²) in [7, 11) is 1.85. The van der Waals surface area contributed by atoms with E-state index in [0.29, 0.717) is 6.54 Å². The van der Waals surface area contributed by atoms with Crippen molar-refractivity contribution in [3.8, 4) is 0 Å². The van der Waals surface area contributed by atoms with Gasteiger partial charge >= 0.3 is 0 Å². The molecule has 102 valence electrons. The first-order valence-electron chi connectivity index (χ1n) is 6.57. The number of aryl methyl sites for hydroxylation is 2. The molecule has 0 spiro atoms. The number of anilines is 1. The number of hydrogen-bond donors (Lipinski definition) is 2. The lowest BCUT2D eigenvalue weighted by Crippen LogP contribution is -2.41. The molecular weight excluding hydrogens is 228 g/mol. The molecule has 18 heavy (non-hydrogen) atoms. The molecule has 0 aliphatic heterocycles. The van der Waals surface area contributed by atoms with Crippen LogP contribution in [-0.2, 0) is 18.3 Å². The number of nitrogens with zero attached hydrogens (tertiary/aromatic N) is 2. The molecule has 1 aromatic rings. The van der Waals surface area contributed by atoms with Crippen molar-refractivity contribution in [3.05, 3.63) is 11.9 Å². The van der Waals surface area contributed by atoms with E-state index in [4.69, 9.17) is 5.73 Å². The second-order valence-corrected chi connectivity index (χ2v) is 4.66. The largest absolute Gasteiger partial charge is 0.329 e. The topological polar surface area (TPSA) is 72.9 Å². The predicted molar refractivity (Wildman–Crippen MR) is 73.3 cm³/mol. The highest BCUT2D eigenvalue weighted by Crippen LogP contribution is 2.27. The highest BCUT2D eigenvalue weighted by Gasteiger charge is 2.33. The Morgan fingerprint density at radius 1 is 1.44 bits per heavy atom. The lowest BCUT2D eigenvalue weighted by atomic mass is 9.81. The summed E-state index contributed by atoms with van der Waals surface area (Å²) in [5, 5.41) is 7.29. The van der Waals surface area contributed by atoms with Gasteiger partial charge in [0.15, 0.2) is 0 Å². The van der Waals surface area contributed by atoms with E-state index in [2.05, 4.69) is 10.4 Å². The fraction of sp³-hybridized carbons (Fsp3) is 0.692. The van der Waals surface area contributed by atoms with E-state index in [-0.39, 0.29) is 5.91 Å². The second kappa shape index (κ2) is 6.00. The number of aromatic nitrogens is 2. The molecule has 0 fully saturated rings. The molecule has 0 aliphatic carbocycles. The van der Waals surface area contributed by atoms with Gasteiger partial charge in [0.05, 0.1) is 16.8 Å². The van der Waals surface area contributed by atoms with E-state index >= 15 is 0 Å². The minimum Gasteiger partial charge on any atom is -0.329 e. The third-order valence-electron chi connectivity index (χ3n) is 3.71. The van der Waals surface area contributed by atoms with Crippen LogP contribution in [0.15, 0.2) is 6.20 Å². The molecule has 1 amide bonds. The van der Waals surface area contributed by atoms with Crippen LogP contribution in [0, 0.1) is 5.41 Å². The molecule has 1 heterocycles. The maximum absolute atomic E-state index is 12.4. The monoisotopic (exact) mass is 252 g/mol. The zero-order valence-corrected chi connectivity index (χ0v) is 11.8. The van der Waals surface area contributed by atoms with Gasteiger partial charge in [0.2, 0.25) is 5.91 Å². The van der Waals surface area contributed by atoms with Gasteiger partial charge in [-0.1, -0.05) is 20.8 Å². The van der Waals surface area contributed by atoms with Crippen LogP contribution in [0.25, 0.3) is 0 Å². The Morgan fingerprint density at radius 3 is 2.50 bits per heavy atom. The molecule has 0 saturated heterocycles. The van der Waals surface area contributed by atoms with Crippen LogP contribution in [0.3, 0.4) is 0 Å². The number of nitrogens with two attached hydrogens (primary N) is 1. The van der Waals surface area contributed by atoms with Crippen LogP contribution in [-0.4, -0.2) is 22.2 Å². The molecule has 0 bridgehead atoms. The first-order chi connectivity index (χ1) is 8.52. The molecule has 0 radical (unpaired) electrons. The van der Waals surface area contributed by atoms with E-state index in [1.807, 2.05) is 34.0 Å². The highest BCUT2D eigenvalue weighted by atomic mass is 16.2. The molecule has 1 aromatic heterocycles. The Balaban J connectivity index is 2.92. The van der Waals surface area contributed by atoms with Gasteiger partial charge in [-0.3, -0.25) is 9.48 Å². The average Bonchev–Trinajstić information content (AvgIpc) is 2.72. The molecule has 1 rings (SSSR count). The minimum absolute atomic E-state index is 0.00213. The van der Waals surface area contributed by atoms with E-state index in [1.165, 1.54) is 0 Å². The maximum atomic E-state index is 12.4. The van der Waals surface area contributed by atoms with Crippen LogP contribution < -0.4 is 11.1 Å². The normalized spacial score (nSPS) is 11.6. The van der Waals surface area contributed by atoms with E-state index < -0.39 is 5.41 Å². The standard InChI is InChI=1S/C13H24N4O/c1-5-10-11(8-17(4)16-10)15-12(18)13(6-2,7-3)9-14/h8H,5-7,9,14H2,1-4H3,(H,15,18). The Hall–Kier alpha value is -1.36. The van der Waals surface area contributed by atoms with Crippen molar-refractivity contribution < 1.29 is 4.79 Å². The summed E-state index contributed by atoms with van der Waals surface area (Å²) in [6.45, 7) is 6.39. The van der Waals surface area contributed by atoms with Gasteiger partial charge in [0.25, 0.3) is 0 Å². The number of hydrogen-bond acceptors (Lipinski definition) is 3. The lowest BCUT2D eigenvalue weighted by Gasteiger charge is -2.28. The molecule has 0 atom stereocenters. The van der Waals surface area contributed by atoms with Crippen molar-refractivity contribution in [1.82, 2.24) is 9.78 Å². The van der Waals surface area contributed by atoms with Gasteiger partial charge in [-0.2, -0.15) is 5.10 Å². The van der Waals surface area contributed by atoms with Crippen molar-refractivity contribution in [2.24, 2.45) is 18.2 Å². The van der Waals surface area contributed by atoms with Gasteiger partial charge in [-0.15, -0.1) is 0 Å². The molecule has 5 nitrogen and oxygen atoms in total. The zero-order valence-electron chi connectivity index (χ0n) is 11.8. The van der Waals surface area contributed by atoms with Crippen LogP contribution in [0.4, 0.5) is 5.69 Å².